The minimum absolute atomic E-state index is 0.559. The first-order valence-electron chi connectivity index (χ1n) is 7.03. The normalized spacial score (nSPS) is 14.1. The predicted octanol–water partition coefficient (Wildman–Crippen LogP) is 4.46. The average molecular weight is 253 g/mol. The van der Waals surface area contributed by atoms with Crippen LogP contribution in [0.2, 0.25) is 0 Å². The molecule has 0 fully saturated rings. The minimum atomic E-state index is 0.559. The summed E-state index contributed by atoms with van der Waals surface area (Å²) in [6, 6.07) is 20.1. The number of nitrogens with one attached hydrogen (secondary N) is 1. The molecule has 0 amide bonds. The van der Waals surface area contributed by atoms with Crippen LogP contribution in [-0.4, -0.2) is 13.1 Å². The molecule has 1 nitrogen and oxygen atoms in total. The quantitative estimate of drug-likeness (QED) is 0.830. The summed E-state index contributed by atoms with van der Waals surface area (Å²) in [7, 11) is 2.02. The van der Waals surface area contributed by atoms with Crippen molar-refractivity contribution in [3.63, 3.8) is 0 Å². The van der Waals surface area contributed by atoms with Crippen molar-refractivity contribution in [1.29, 1.82) is 0 Å². The first-order valence-corrected chi connectivity index (χ1v) is 7.03. The fraction of sp³-hybridized carbons (Fsp3) is 0.333. The van der Waals surface area contributed by atoms with Gasteiger partial charge in [0.25, 0.3) is 0 Å². The van der Waals surface area contributed by atoms with Crippen molar-refractivity contribution in [1.82, 2.24) is 5.32 Å². The maximum absolute atomic E-state index is 3.30. The van der Waals surface area contributed by atoms with Gasteiger partial charge in [-0.2, -0.15) is 0 Å². The SMILES string of the molecule is CNC(C)CC(C)c1ccc(-c2ccccc2)cc1. The summed E-state index contributed by atoms with van der Waals surface area (Å²) in [5.41, 5.74) is 3.99. The van der Waals surface area contributed by atoms with Gasteiger partial charge in [0.15, 0.2) is 0 Å². The van der Waals surface area contributed by atoms with Crippen LogP contribution in [0.5, 0.6) is 0 Å². The van der Waals surface area contributed by atoms with Crippen LogP contribution in [0.1, 0.15) is 31.7 Å². The topological polar surface area (TPSA) is 12.0 Å². The van der Waals surface area contributed by atoms with E-state index in [0.717, 1.165) is 0 Å². The van der Waals surface area contributed by atoms with E-state index in [1.54, 1.807) is 0 Å². The van der Waals surface area contributed by atoms with E-state index >= 15 is 0 Å². The average Bonchev–Trinajstić information content (AvgIpc) is 2.48. The third-order valence-corrected chi connectivity index (χ3v) is 3.79. The minimum Gasteiger partial charge on any atom is -0.317 e. The van der Waals surface area contributed by atoms with Gasteiger partial charge in [0.2, 0.25) is 0 Å². The number of rotatable bonds is 5. The third-order valence-electron chi connectivity index (χ3n) is 3.79. The Morgan fingerprint density at radius 1 is 0.842 bits per heavy atom. The Bertz CT molecular complexity index is 487. The molecule has 2 atom stereocenters. The van der Waals surface area contributed by atoms with E-state index in [1.807, 2.05) is 7.05 Å². The second kappa shape index (κ2) is 6.53. The van der Waals surface area contributed by atoms with Crippen molar-refractivity contribution >= 4 is 0 Å². The molecule has 0 aromatic heterocycles. The van der Waals surface area contributed by atoms with Crippen molar-refractivity contribution in [2.24, 2.45) is 0 Å². The molecular weight excluding hydrogens is 230 g/mol. The highest BCUT2D eigenvalue weighted by Gasteiger charge is 2.09. The van der Waals surface area contributed by atoms with Gasteiger partial charge < -0.3 is 5.32 Å². The van der Waals surface area contributed by atoms with E-state index in [1.165, 1.54) is 23.1 Å². The molecule has 0 saturated carbocycles. The lowest BCUT2D eigenvalue weighted by atomic mass is 9.93. The Hall–Kier alpha value is -1.60. The second-order valence-corrected chi connectivity index (χ2v) is 5.31. The molecule has 0 spiro atoms. The van der Waals surface area contributed by atoms with Gasteiger partial charge in [-0.05, 0) is 43.0 Å². The predicted molar refractivity (Wildman–Crippen MR) is 83.4 cm³/mol. The summed E-state index contributed by atoms with van der Waals surface area (Å²) in [5.74, 6) is 0.590. The monoisotopic (exact) mass is 253 g/mol. The van der Waals surface area contributed by atoms with Crippen LogP contribution in [0.25, 0.3) is 11.1 Å². The molecule has 2 aromatic rings. The van der Waals surface area contributed by atoms with Gasteiger partial charge in [-0.1, -0.05) is 61.5 Å². The molecule has 0 saturated heterocycles. The zero-order valence-electron chi connectivity index (χ0n) is 12.1. The second-order valence-electron chi connectivity index (χ2n) is 5.31. The van der Waals surface area contributed by atoms with Crippen LogP contribution in [0.4, 0.5) is 0 Å². The molecule has 1 N–H and O–H groups in total. The van der Waals surface area contributed by atoms with Gasteiger partial charge in [0, 0.05) is 6.04 Å². The van der Waals surface area contributed by atoms with Gasteiger partial charge in [-0.3, -0.25) is 0 Å². The van der Waals surface area contributed by atoms with Crippen molar-refractivity contribution in [3.05, 3.63) is 60.2 Å². The van der Waals surface area contributed by atoms with Crippen molar-refractivity contribution in [2.45, 2.75) is 32.2 Å². The molecule has 0 heterocycles. The smallest absolute Gasteiger partial charge is 0.00414 e. The number of hydrogen-bond donors (Lipinski definition) is 1. The standard InChI is InChI=1S/C18H23N/c1-14(13-15(2)19-3)16-9-11-18(12-10-16)17-7-5-4-6-8-17/h4-12,14-15,19H,13H2,1-3H3. The lowest BCUT2D eigenvalue weighted by Crippen LogP contribution is -2.22. The fourth-order valence-electron chi connectivity index (χ4n) is 2.42. The summed E-state index contributed by atoms with van der Waals surface area (Å²) in [4.78, 5) is 0. The molecule has 100 valence electrons. The highest BCUT2D eigenvalue weighted by Crippen LogP contribution is 2.24. The van der Waals surface area contributed by atoms with E-state index in [4.69, 9.17) is 0 Å². The van der Waals surface area contributed by atoms with Gasteiger partial charge >= 0.3 is 0 Å². The van der Waals surface area contributed by atoms with Crippen LogP contribution >= 0.6 is 0 Å². The molecule has 0 aliphatic carbocycles. The lowest BCUT2D eigenvalue weighted by Gasteiger charge is -2.17. The van der Waals surface area contributed by atoms with E-state index in [2.05, 4.69) is 73.8 Å². The maximum atomic E-state index is 3.30. The zero-order valence-corrected chi connectivity index (χ0v) is 12.1. The summed E-state index contributed by atoms with van der Waals surface area (Å²) < 4.78 is 0. The molecular formula is C18H23N. The molecule has 2 aromatic carbocycles. The summed E-state index contributed by atoms with van der Waals surface area (Å²) in [6.07, 6.45) is 1.17. The van der Waals surface area contributed by atoms with Crippen molar-refractivity contribution < 1.29 is 0 Å². The molecule has 1 heteroatoms. The summed E-state index contributed by atoms with van der Waals surface area (Å²) >= 11 is 0. The van der Waals surface area contributed by atoms with Gasteiger partial charge in [0.05, 0.1) is 0 Å². The first-order chi connectivity index (χ1) is 9.20. The Balaban J connectivity index is 2.10. The largest absolute Gasteiger partial charge is 0.317 e. The van der Waals surface area contributed by atoms with Crippen molar-refractivity contribution in [3.8, 4) is 11.1 Å². The highest BCUT2D eigenvalue weighted by molar-refractivity contribution is 5.63. The highest BCUT2D eigenvalue weighted by atomic mass is 14.8. The third kappa shape index (κ3) is 3.68. The molecule has 19 heavy (non-hydrogen) atoms. The lowest BCUT2D eigenvalue weighted by molar-refractivity contribution is 0.516. The zero-order chi connectivity index (χ0) is 13.7. The molecule has 2 unspecified atom stereocenters. The van der Waals surface area contributed by atoms with E-state index < -0.39 is 0 Å². The van der Waals surface area contributed by atoms with Gasteiger partial charge in [0.1, 0.15) is 0 Å². The van der Waals surface area contributed by atoms with E-state index in [0.29, 0.717) is 12.0 Å². The molecule has 0 radical (unpaired) electrons. The van der Waals surface area contributed by atoms with Crippen molar-refractivity contribution in [2.75, 3.05) is 7.05 Å². The molecule has 0 bridgehead atoms. The van der Waals surface area contributed by atoms with Gasteiger partial charge in [-0.15, -0.1) is 0 Å². The Kier molecular flexibility index (Phi) is 4.75. The van der Waals surface area contributed by atoms with E-state index in [9.17, 15) is 0 Å². The number of hydrogen-bond acceptors (Lipinski definition) is 1. The summed E-state index contributed by atoms with van der Waals surface area (Å²) in [6.45, 7) is 4.53. The molecule has 2 rings (SSSR count). The number of benzene rings is 2. The van der Waals surface area contributed by atoms with Crippen LogP contribution < -0.4 is 5.32 Å². The van der Waals surface area contributed by atoms with Crippen LogP contribution in [0.3, 0.4) is 0 Å². The molecule has 0 aliphatic rings. The van der Waals surface area contributed by atoms with Crippen LogP contribution in [0, 0.1) is 0 Å². The Morgan fingerprint density at radius 2 is 1.42 bits per heavy atom. The Labute approximate surface area is 116 Å². The van der Waals surface area contributed by atoms with Crippen LogP contribution in [0.15, 0.2) is 54.6 Å². The fourth-order valence-corrected chi connectivity index (χ4v) is 2.42. The first kappa shape index (κ1) is 13.8. The Morgan fingerprint density at radius 3 is 2.00 bits per heavy atom. The molecule has 0 aliphatic heterocycles. The summed E-state index contributed by atoms with van der Waals surface area (Å²) in [5, 5.41) is 3.30. The maximum Gasteiger partial charge on any atom is 0.00414 e. The van der Waals surface area contributed by atoms with Gasteiger partial charge in [-0.25, -0.2) is 0 Å². The van der Waals surface area contributed by atoms with E-state index in [-0.39, 0.29) is 0 Å². The van der Waals surface area contributed by atoms with Crippen LogP contribution in [-0.2, 0) is 0 Å².